The van der Waals surface area contributed by atoms with E-state index in [1.54, 1.807) is 36.4 Å². The van der Waals surface area contributed by atoms with Crippen LogP contribution >= 0.6 is 0 Å². The highest BCUT2D eigenvalue weighted by Crippen LogP contribution is 2.47. The molecule has 23 heavy (non-hydrogen) atoms. The van der Waals surface area contributed by atoms with E-state index in [0.29, 0.717) is 11.3 Å². The number of aliphatic carboxylic acids is 1. The van der Waals surface area contributed by atoms with Gasteiger partial charge in [-0.3, -0.25) is 14.4 Å². The van der Waals surface area contributed by atoms with Gasteiger partial charge in [-0.2, -0.15) is 0 Å². The molecule has 1 spiro atoms. The maximum absolute atomic E-state index is 12.7. The summed E-state index contributed by atoms with van der Waals surface area (Å²) in [6.45, 7) is 0.0506. The first kappa shape index (κ1) is 14.0. The minimum absolute atomic E-state index is 0.0506. The first-order valence-electron chi connectivity index (χ1n) is 7.30. The van der Waals surface area contributed by atoms with Crippen molar-refractivity contribution in [1.82, 2.24) is 5.32 Å². The SMILES string of the molecule is O=C1NC[C@@]23C=C[C@@H](O2)[C@H](C(=O)O)[C@H]3C(=O)Nc2ccccc21. The zero-order chi connectivity index (χ0) is 16.2. The number of benzene rings is 1. The molecule has 118 valence electrons. The minimum atomic E-state index is -1.12. The van der Waals surface area contributed by atoms with E-state index in [1.165, 1.54) is 0 Å². The van der Waals surface area contributed by atoms with Crippen LogP contribution in [-0.4, -0.2) is 41.1 Å². The Morgan fingerprint density at radius 1 is 1.30 bits per heavy atom. The summed E-state index contributed by atoms with van der Waals surface area (Å²) in [4.78, 5) is 36.7. The molecule has 0 aliphatic carbocycles. The molecule has 3 N–H and O–H groups in total. The number of anilines is 1. The summed E-state index contributed by atoms with van der Waals surface area (Å²) in [5, 5.41) is 14.9. The fourth-order valence-corrected chi connectivity index (χ4v) is 3.65. The van der Waals surface area contributed by atoms with Crippen molar-refractivity contribution in [3.8, 4) is 0 Å². The fraction of sp³-hybridized carbons (Fsp3) is 0.312. The highest BCUT2D eigenvalue weighted by Gasteiger charge is 2.62. The van der Waals surface area contributed by atoms with Crippen molar-refractivity contribution < 1.29 is 24.2 Å². The lowest BCUT2D eigenvalue weighted by Gasteiger charge is -2.30. The predicted octanol–water partition coefficient (Wildman–Crippen LogP) is 0.393. The number of hydrogen-bond donors (Lipinski definition) is 3. The van der Waals surface area contributed by atoms with Gasteiger partial charge < -0.3 is 20.5 Å². The van der Waals surface area contributed by atoms with Gasteiger partial charge in [-0.05, 0) is 12.1 Å². The zero-order valence-electron chi connectivity index (χ0n) is 12.0. The Morgan fingerprint density at radius 2 is 2.09 bits per heavy atom. The number of carboxylic acids is 1. The van der Waals surface area contributed by atoms with Crippen LogP contribution < -0.4 is 10.6 Å². The fourth-order valence-electron chi connectivity index (χ4n) is 3.65. The summed E-state index contributed by atoms with van der Waals surface area (Å²) in [5.41, 5.74) is -0.416. The average molecular weight is 314 g/mol. The number of nitrogens with one attached hydrogen (secondary N) is 2. The molecule has 3 aliphatic rings. The van der Waals surface area contributed by atoms with Crippen molar-refractivity contribution >= 4 is 23.5 Å². The van der Waals surface area contributed by atoms with Gasteiger partial charge in [0.25, 0.3) is 5.91 Å². The number of rotatable bonds is 1. The molecule has 2 amide bonds. The standard InChI is InChI=1S/C16H14N2O5/c19-13-8-3-1-2-4-9(8)18-14(20)12-11(15(21)22)10-5-6-16(12,23-10)7-17-13/h1-6,10-12H,7H2,(H,17,19)(H,18,20)(H,21,22)/t10-,11+,12+,16-/m1/s1. The Labute approximate surface area is 131 Å². The van der Waals surface area contributed by atoms with E-state index in [2.05, 4.69) is 10.6 Å². The summed E-state index contributed by atoms with van der Waals surface area (Å²) in [6.07, 6.45) is 2.69. The van der Waals surface area contributed by atoms with Crippen LogP contribution in [0.2, 0.25) is 0 Å². The number of ether oxygens (including phenoxy) is 1. The molecular weight excluding hydrogens is 300 g/mol. The summed E-state index contributed by atoms with van der Waals surface area (Å²) < 4.78 is 5.78. The largest absolute Gasteiger partial charge is 0.481 e. The summed E-state index contributed by atoms with van der Waals surface area (Å²) >= 11 is 0. The van der Waals surface area contributed by atoms with Crippen LogP contribution in [0.5, 0.6) is 0 Å². The van der Waals surface area contributed by atoms with E-state index in [0.717, 1.165) is 0 Å². The van der Waals surface area contributed by atoms with Crippen LogP contribution in [-0.2, 0) is 14.3 Å². The number of hydrogen-bond acceptors (Lipinski definition) is 4. The molecule has 0 radical (unpaired) electrons. The molecule has 1 aromatic carbocycles. The van der Waals surface area contributed by atoms with Gasteiger partial charge in [0.2, 0.25) is 5.91 Å². The molecule has 1 saturated heterocycles. The Bertz CT molecular complexity index is 759. The highest BCUT2D eigenvalue weighted by molar-refractivity contribution is 6.06. The van der Waals surface area contributed by atoms with Crippen LogP contribution in [0.4, 0.5) is 5.69 Å². The maximum Gasteiger partial charge on any atom is 0.310 e. The molecule has 1 fully saturated rings. The summed E-state index contributed by atoms with van der Waals surface area (Å²) in [7, 11) is 0. The van der Waals surface area contributed by atoms with Crippen LogP contribution in [0.15, 0.2) is 36.4 Å². The number of para-hydroxylation sites is 1. The Hall–Kier alpha value is -2.67. The van der Waals surface area contributed by atoms with Crippen molar-refractivity contribution in [1.29, 1.82) is 0 Å². The third-order valence-electron chi connectivity index (χ3n) is 4.69. The molecule has 4 atom stereocenters. The van der Waals surface area contributed by atoms with Crippen LogP contribution in [0.25, 0.3) is 0 Å². The molecule has 3 aliphatic heterocycles. The van der Waals surface area contributed by atoms with Crippen LogP contribution in [0, 0.1) is 11.8 Å². The van der Waals surface area contributed by atoms with Gasteiger partial charge in [0.15, 0.2) is 0 Å². The quantitative estimate of drug-likeness (QED) is 0.651. The van der Waals surface area contributed by atoms with E-state index >= 15 is 0 Å². The van der Waals surface area contributed by atoms with E-state index in [4.69, 9.17) is 4.74 Å². The van der Waals surface area contributed by atoms with E-state index < -0.39 is 35.4 Å². The van der Waals surface area contributed by atoms with Gasteiger partial charge >= 0.3 is 5.97 Å². The van der Waals surface area contributed by atoms with Gasteiger partial charge in [-0.15, -0.1) is 0 Å². The van der Waals surface area contributed by atoms with Gasteiger partial charge in [0.05, 0.1) is 29.8 Å². The molecule has 7 nitrogen and oxygen atoms in total. The van der Waals surface area contributed by atoms with E-state index in [9.17, 15) is 19.5 Å². The molecule has 0 saturated carbocycles. The molecular formula is C16H14N2O5. The van der Waals surface area contributed by atoms with Crippen molar-refractivity contribution in [3.63, 3.8) is 0 Å². The molecule has 1 aromatic rings. The number of carbonyl (C=O) groups is 3. The number of fused-ring (bicyclic) bond motifs is 2. The molecule has 7 heteroatoms. The lowest BCUT2D eigenvalue weighted by atomic mass is 9.74. The monoisotopic (exact) mass is 314 g/mol. The molecule has 3 heterocycles. The van der Waals surface area contributed by atoms with E-state index in [1.807, 2.05) is 0 Å². The van der Waals surface area contributed by atoms with Crippen LogP contribution in [0.1, 0.15) is 10.4 Å². The Kier molecular flexibility index (Phi) is 2.83. The topological polar surface area (TPSA) is 105 Å². The second-order valence-corrected chi connectivity index (χ2v) is 5.96. The lowest BCUT2D eigenvalue weighted by molar-refractivity contribution is -0.146. The molecule has 4 rings (SSSR count). The van der Waals surface area contributed by atoms with E-state index in [-0.39, 0.29) is 12.5 Å². The van der Waals surface area contributed by atoms with Gasteiger partial charge in [0, 0.05) is 0 Å². The van der Waals surface area contributed by atoms with Crippen molar-refractivity contribution in [2.45, 2.75) is 11.7 Å². The third-order valence-corrected chi connectivity index (χ3v) is 4.69. The zero-order valence-corrected chi connectivity index (χ0v) is 12.0. The van der Waals surface area contributed by atoms with Crippen molar-refractivity contribution in [2.75, 3.05) is 11.9 Å². The number of carboxylic acid groups (broad SMARTS) is 1. The lowest BCUT2D eigenvalue weighted by Crippen LogP contribution is -2.50. The molecule has 2 bridgehead atoms. The number of carbonyl (C=O) groups excluding carboxylic acids is 2. The average Bonchev–Trinajstić information content (AvgIpc) is 3.09. The first-order valence-corrected chi connectivity index (χ1v) is 7.30. The second kappa shape index (κ2) is 4.66. The normalized spacial score (nSPS) is 34.5. The first-order chi connectivity index (χ1) is 11.0. The van der Waals surface area contributed by atoms with Crippen molar-refractivity contribution in [3.05, 3.63) is 42.0 Å². The van der Waals surface area contributed by atoms with Crippen LogP contribution in [0.3, 0.4) is 0 Å². The molecule has 0 aromatic heterocycles. The van der Waals surface area contributed by atoms with Gasteiger partial charge in [-0.25, -0.2) is 0 Å². The molecule has 0 unspecified atom stereocenters. The number of amides is 2. The predicted molar refractivity (Wildman–Crippen MR) is 78.8 cm³/mol. The van der Waals surface area contributed by atoms with Gasteiger partial charge in [0.1, 0.15) is 11.5 Å². The minimum Gasteiger partial charge on any atom is -0.481 e. The summed E-state index contributed by atoms with van der Waals surface area (Å²) in [5.74, 6) is -3.74. The highest BCUT2D eigenvalue weighted by atomic mass is 16.5. The Morgan fingerprint density at radius 3 is 2.87 bits per heavy atom. The maximum atomic E-state index is 12.7. The summed E-state index contributed by atoms with van der Waals surface area (Å²) in [6, 6.07) is 6.62. The Balaban J connectivity index is 1.81. The smallest absolute Gasteiger partial charge is 0.310 e. The second-order valence-electron chi connectivity index (χ2n) is 5.96. The third kappa shape index (κ3) is 1.90. The van der Waals surface area contributed by atoms with Gasteiger partial charge in [-0.1, -0.05) is 24.3 Å². The van der Waals surface area contributed by atoms with Crippen molar-refractivity contribution in [2.24, 2.45) is 11.8 Å².